The van der Waals surface area contributed by atoms with Crippen LogP contribution in [0.3, 0.4) is 0 Å². The molecule has 1 amide bonds. The topological polar surface area (TPSA) is 133 Å². The Morgan fingerprint density at radius 3 is 1.61 bits per heavy atom. The first-order chi connectivity index (χ1) is 15.7. The highest BCUT2D eigenvalue weighted by molar-refractivity contribution is 14.1. The maximum atomic E-state index is 12.0. The van der Waals surface area contributed by atoms with Crippen LogP contribution in [0.2, 0.25) is 0 Å². The van der Waals surface area contributed by atoms with E-state index < -0.39 is 22.0 Å². The van der Waals surface area contributed by atoms with E-state index in [0.717, 1.165) is 44.9 Å². The zero-order valence-electron chi connectivity index (χ0n) is 19.5. The van der Waals surface area contributed by atoms with Crippen molar-refractivity contribution < 1.29 is 29.4 Å². The predicted octanol–water partition coefficient (Wildman–Crippen LogP) is 4.69. The molecule has 0 saturated heterocycles. The van der Waals surface area contributed by atoms with E-state index >= 15 is 0 Å². The lowest BCUT2D eigenvalue weighted by atomic mass is 10.0. The van der Waals surface area contributed by atoms with Crippen molar-refractivity contribution in [3.63, 3.8) is 0 Å². The number of thiol groups is 1. The van der Waals surface area contributed by atoms with E-state index in [9.17, 15) is 24.3 Å². The molecule has 0 bridgehead atoms. The number of carboxylic acids is 2. The lowest BCUT2D eigenvalue weighted by Crippen LogP contribution is -2.41. The van der Waals surface area contributed by atoms with Crippen molar-refractivity contribution in [3.8, 4) is 0 Å². The molecule has 0 heterocycles. The van der Waals surface area contributed by atoms with Gasteiger partial charge in [0.25, 0.3) is 0 Å². The highest BCUT2D eigenvalue weighted by atomic mass is 127. The van der Waals surface area contributed by atoms with Gasteiger partial charge in [-0.2, -0.15) is 0 Å². The van der Waals surface area contributed by atoms with Gasteiger partial charge in [-0.3, -0.25) is 19.7 Å². The van der Waals surface area contributed by atoms with Crippen molar-refractivity contribution in [3.05, 3.63) is 0 Å². The number of carboxylic acid groups (broad SMARTS) is 2. The molecule has 2 atom stereocenters. The number of unbranched alkanes of at least 4 members (excludes halogenated alkanes) is 11. The molecule has 0 spiro atoms. The van der Waals surface area contributed by atoms with Gasteiger partial charge in [0, 0.05) is 12.8 Å². The Bertz CT molecular complexity index is 579. The Morgan fingerprint density at radius 1 is 0.727 bits per heavy atom. The van der Waals surface area contributed by atoms with Crippen LogP contribution in [-0.2, 0) is 19.2 Å². The Labute approximate surface area is 217 Å². The van der Waals surface area contributed by atoms with Gasteiger partial charge in [-0.15, -0.1) is 12.6 Å². The number of aliphatic carboxylic acids is 2. The minimum atomic E-state index is -1.04. The standard InChI is InChI=1S/C23H41IN2O6S/c24-21(23(32)33)25-17-13-14-18(22(30)31)26-19(27)15-11-9-7-5-3-1-2-4-6-8-10-12-16-20(28)29/h18,21,25H,1-17H2,(H,26,27)(H,28,29)(H,30,31)(H,32,33)/t18-,21+/m0/s1. The summed E-state index contributed by atoms with van der Waals surface area (Å²) in [5, 5.41) is 23.2. The summed E-state index contributed by atoms with van der Waals surface area (Å²) in [6.45, 7) is 0.479. The monoisotopic (exact) mass is 600 g/mol. The molecule has 0 aliphatic heterocycles. The molecule has 4 N–H and O–H groups in total. The summed E-state index contributed by atoms with van der Waals surface area (Å²) in [6, 6.07) is -0.907. The van der Waals surface area contributed by atoms with Crippen molar-refractivity contribution in [1.29, 1.82) is 0 Å². The molecule has 0 aliphatic carbocycles. The molecule has 8 nitrogen and oxygen atoms in total. The van der Waals surface area contributed by atoms with Gasteiger partial charge in [-0.25, -0.2) is 4.79 Å². The van der Waals surface area contributed by atoms with Crippen LogP contribution in [0.25, 0.3) is 0 Å². The molecular formula is C23H41IN2O6S. The van der Waals surface area contributed by atoms with Crippen LogP contribution in [0.1, 0.15) is 103 Å². The lowest BCUT2D eigenvalue weighted by molar-refractivity contribution is -0.142. The SMILES string of the molecule is O=C(O)CCCCCCCCCCCCCCC(=O)N[C@@H](CCCN[C@@H](I)C(=O)S)C(=O)O. The summed E-state index contributed by atoms with van der Waals surface area (Å²) in [6.07, 6.45) is 14.3. The van der Waals surface area contributed by atoms with Gasteiger partial charge >= 0.3 is 11.9 Å². The van der Waals surface area contributed by atoms with Gasteiger partial charge in [0.1, 0.15) is 10.1 Å². The molecule has 0 radical (unpaired) electrons. The third-order valence-electron chi connectivity index (χ3n) is 5.39. The Balaban J connectivity index is 3.62. The van der Waals surface area contributed by atoms with E-state index in [1.54, 1.807) is 0 Å². The van der Waals surface area contributed by atoms with E-state index in [0.29, 0.717) is 25.8 Å². The van der Waals surface area contributed by atoms with Crippen molar-refractivity contribution in [1.82, 2.24) is 10.6 Å². The van der Waals surface area contributed by atoms with Gasteiger partial charge < -0.3 is 15.5 Å². The molecule has 0 saturated carbocycles. The Morgan fingerprint density at radius 2 is 1.18 bits per heavy atom. The predicted molar refractivity (Wildman–Crippen MR) is 141 cm³/mol. The molecule has 0 aromatic rings. The molecule has 192 valence electrons. The second kappa shape index (κ2) is 21.6. The molecule has 0 rings (SSSR count). The number of rotatable bonds is 23. The van der Waals surface area contributed by atoms with E-state index in [4.69, 9.17) is 5.11 Å². The summed E-state index contributed by atoms with van der Waals surface area (Å²) >= 11 is 5.65. The molecule has 0 fully saturated rings. The number of halogens is 1. The number of carbonyl (C=O) groups is 4. The van der Waals surface area contributed by atoms with Crippen molar-refractivity contribution in [2.75, 3.05) is 6.54 Å². The summed E-state index contributed by atoms with van der Waals surface area (Å²) in [4.78, 5) is 44.9. The van der Waals surface area contributed by atoms with Gasteiger partial charge in [0.05, 0.1) is 0 Å². The van der Waals surface area contributed by atoms with Gasteiger partial charge in [-0.05, 0) is 32.2 Å². The minimum Gasteiger partial charge on any atom is -0.481 e. The van der Waals surface area contributed by atoms with Crippen LogP contribution in [0.15, 0.2) is 0 Å². The first-order valence-corrected chi connectivity index (χ1v) is 13.8. The second-order valence-electron chi connectivity index (χ2n) is 8.39. The van der Waals surface area contributed by atoms with Gasteiger partial charge in [0.15, 0.2) is 0 Å². The summed E-state index contributed by atoms with van der Waals surface area (Å²) < 4.78 is -0.411. The average molecular weight is 601 g/mol. The van der Waals surface area contributed by atoms with Crippen molar-refractivity contribution in [2.24, 2.45) is 0 Å². The summed E-state index contributed by atoms with van der Waals surface area (Å²) in [5.74, 6) is -1.98. The molecule has 33 heavy (non-hydrogen) atoms. The Kier molecular flexibility index (Phi) is 21.1. The number of hydrogen-bond donors (Lipinski definition) is 5. The molecule has 0 aliphatic rings. The number of nitrogens with one attached hydrogen (secondary N) is 2. The van der Waals surface area contributed by atoms with Crippen LogP contribution in [0.4, 0.5) is 0 Å². The summed E-state index contributed by atoms with van der Waals surface area (Å²) in [5.41, 5.74) is 0. The molecule has 0 aromatic carbocycles. The number of carbonyl (C=O) groups excluding carboxylic acids is 2. The maximum absolute atomic E-state index is 12.0. The molecular weight excluding hydrogens is 559 g/mol. The van der Waals surface area contributed by atoms with Gasteiger partial charge in [-0.1, -0.05) is 86.8 Å². The first kappa shape index (κ1) is 32.1. The van der Waals surface area contributed by atoms with E-state index in [2.05, 4.69) is 23.3 Å². The molecule has 10 heteroatoms. The number of amides is 1. The van der Waals surface area contributed by atoms with E-state index in [1.807, 2.05) is 22.6 Å². The van der Waals surface area contributed by atoms with Crippen molar-refractivity contribution >= 4 is 58.2 Å². The molecule has 0 aromatic heterocycles. The Hall–Kier alpha value is -0.880. The zero-order chi connectivity index (χ0) is 24.9. The van der Waals surface area contributed by atoms with Crippen LogP contribution >= 0.6 is 35.2 Å². The second-order valence-corrected chi connectivity index (χ2v) is 10.1. The fourth-order valence-electron chi connectivity index (χ4n) is 3.48. The third-order valence-corrected chi connectivity index (χ3v) is 7.14. The van der Waals surface area contributed by atoms with Crippen LogP contribution in [-0.4, -0.2) is 49.8 Å². The van der Waals surface area contributed by atoms with Crippen molar-refractivity contribution in [2.45, 2.75) is 113 Å². The van der Waals surface area contributed by atoms with E-state index in [-0.39, 0.29) is 17.4 Å². The highest BCUT2D eigenvalue weighted by Crippen LogP contribution is 2.13. The van der Waals surface area contributed by atoms with Crippen LogP contribution < -0.4 is 10.6 Å². The normalized spacial score (nSPS) is 12.8. The largest absolute Gasteiger partial charge is 0.481 e. The fraction of sp³-hybridized carbons (Fsp3) is 0.826. The smallest absolute Gasteiger partial charge is 0.326 e. The lowest BCUT2D eigenvalue weighted by Gasteiger charge is -2.15. The minimum absolute atomic E-state index is 0.226. The highest BCUT2D eigenvalue weighted by Gasteiger charge is 2.19. The maximum Gasteiger partial charge on any atom is 0.326 e. The van der Waals surface area contributed by atoms with Gasteiger partial charge in [0.2, 0.25) is 11.0 Å². The number of hydrogen-bond acceptors (Lipinski definition) is 5. The quantitative estimate of drug-likeness (QED) is 0.0378. The number of alkyl halides is 1. The average Bonchev–Trinajstić information content (AvgIpc) is 2.75. The fourth-order valence-corrected chi connectivity index (χ4v) is 3.88. The third kappa shape index (κ3) is 21.4. The first-order valence-electron chi connectivity index (χ1n) is 12.1. The summed E-state index contributed by atoms with van der Waals surface area (Å²) in [7, 11) is 0. The zero-order valence-corrected chi connectivity index (χ0v) is 22.6. The van der Waals surface area contributed by atoms with E-state index in [1.165, 1.54) is 32.1 Å². The van der Waals surface area contributed by atoms with Crippen LogP contribution in [0, 0.1) is 0 Å². The molecule has 0 unspecified atom stereocenters. The van der Waals surface area contributed by atoms with Crippen LogP contribution in [0.5, 0.6) is 0 Å².